The van der Waals surface area contributed by atoms with Gasteiger partial charge < -0.3 is 20.1 Å². The third-order valence-corrected chi connectivity index (χ3v) is 5.90. The number of halogens is 1. The van der Waals surface area contributed by atoms with Crippen molar-refractivity contribution in [1.82, 2.24) is 19.9 Å². The summed E-state index contributed by atoms with van der Waals surface area (Å²) in [4.78, 5) is 31.0. The van der Waals surface area contributed by atoms with Crippen LogP contribution >= 0.6 is 11.6 Å². The molecule has 9 heteroatoms. The van der Waals surface area contributed by atoms with E-state index in [1.807, 2.05) is 18.2 Å². The number of aromatic hydroxyl groups is 1. The molecule has 0 aliphatic carbocycles. The Morgan fingerprint density at radius 3 is 2.65 bits per heavy atom. The molecular weight excluding hydrogens is 420 g/mol. The zero-order valence-corrected chi connectivity index (χ0v) is 17.3. The maximum Gasteiger partial charge on any atom is 0.335 e. The lowest BCUT2D eigenvalue weighted by atomic mass is 9.95. The van der Waals surface area contributed by atoms with Crippen LogP contribution in [0.15, 0.2) is 52.1 Å². The molecule has 0 amide bonds. The van der Waals surface area contributed by atoms with Gasteiger partial charge in [-0.2, -0.15) is 0 Å². The van der Waals surface area contributed by atoms with E-state index in [1.54, 1.807) is 31.4 Å². The maximum atomic E-state index is 12.8. The number of rotatable bonds is 3. The highest BCUT2D eigenvalue weighted by Crippen LogP contribution is 2.36. The number of methoxy groups -OCH3 is 1. The quantitative estimate of drug-likeness (QED) is 0.393. The van der Waals surface area contributed by atoms with E-state index >= 15 is 0 Å². The van der Waals surface area contributed by atoms with E-state index in [-0.39, 0.29) is 5.56 Å². The second-order valence-corrected chi connectivity index (χ2v) is 7.81. The summed E-state index contributed by atoms with van der Waals surface area (Å²) < 4.78 is 6.41. The molecule has 5 rings (SSSR count). The number of benzene rings is 2. The fraction of sp³-hybridized carbons (Fsp3) is 0.182. The van der Waals surface area contributed by atoms with Gasteiger partial charge in [-0.25, -0.2) is 9.36 Å². The van der Waals surface area contributed by atoms with Crippen LogP contribution in [-0.4, -0.2) is 33.3 Å². The first kappa shape index (κ1) is 19.5. The molecule has 0 spiro atoms. The predicted molar refractivity (Wildman–Crippen MR) is 118 cm³/mol. The van der Waals surface area contributed by atoms with Crippen molar-refractivity contribution in [2.75, 3.05) is 13.7 Å². The second-order valence-electron chi connectivity index (χ2n) is 7.37. The number of aromatic amines is 2. The number of nitrogens with one attached hydrogen (secondary N) is 3. The van der Waals surface area contributed by atoms with Gasteiger partial charge in [0.05, 0.1) is 18.8 Å². The molecule has 4 aromatic rings. The molecule has 0 unspecified atom stereocenters. The molecule has 4 N–H and O–H groups in total. The Morgan fingerprint density at radius 2 is 1.90 bits per heavy atom. The van der Waals surface area contributed by atoms with E-state index in [1.165, 1.54) is 0 Å². The van der Waals surface area contributed by atoms with Gasteiger partial charge in [0.2, 0.25) is 5.88 Å². The summed E-state index contributed by atoms with van der Waals surface area (Å²) in [6, 6.07) is 11.5. The largest absolute Gasteiger partial charge is 0.497 e. The van der Waals surface area contributed by atoms with E-state index in [4.69, 9.17) is 16.3 Å². The van der Waals surface area contributed by atoms with Crippen LogP contribution in [0, 0.1) is 0 Å². The van der Waals surface area contributed by atoms with Crippen LogP contribution in [0.3, 0.4) is 0 Å². The van der Waals surface area contributed by atoms with Crippen LogP contribution in [0.5, 0.6) is 11.6 Å². The molecule has 0 saturated heterocycles. The van der Waals surface area contributed by atoms with Crippen molar-refractivity contribution >= 4 is 22.5 Å². The maximum absolute atomic E-state index is 12.8. The second kappa shape index (κ2) is 7.33. The number of fused-ring (bicyclic) bond motifs is 3. The van der Waals surface area contributed by atoms with Crippen molar-refractivity contribution in [3.8, 4) is 17.3 Å². The summed E-state index contributed by atoms with van der Waals surface area (Å²) in [5, 5.41) is 15.8. The molecule has 8 nitrogen and oxygen atoms in total. The van der Waals surface area contributed by atoms with Crippen LogP contribution in [0.2, 0.25) is 5.02 Å². The first-order valence-electron chi connectivity index (χ1n) is 9.74. The van der Waals surface area contributed by atoms with Gasteiger partial charge in [0.15, 0.2) is 0 Å². The van der Waals surface area contributed by atoms with Crippen molar-refractivity contribution in [3.63, 3.8) is 0 Å². The molecule has 2 aromatic carbocycles. The van der Waals surface area contributed by atoms with Crippen LogP contribution in [0.4, 0.5) is 0 Å². The van der Waals surface area contributed by atoms with Crippen molar-refractivity contribution in [2.45, 2.75) is 12.5 Å². The third kappa shape index (κ3) is 3.11. The standard InChI is InChI=1S/C22H19ClN4O4/c1-31-13-6-7-16-15(10-13)14-8-9-24-19(18(14)25-16)17-20(28)26-22(30)27(21(17)29)12-4-2-11(23)3-5-12/h2-7,10,19,24-25,29H,8-9H2,1H3,(H,26,28,30)/t19-/m0/s1. The van der Waals surface area contributed by atoms with Crippen LogP contribution in [0.25, 0.3) is 16.6 Å². The molecule has 158 valence electrons. The lowest BCUT2D eigenvalue weighted by molar-refractivity contribution is 0.409. The molecule has 0 bridgehead atoms. The number of hydrogen-bond acceptors (Lipinski definition) is 5. The van der Waals surface area contributed by atoms with Gasteiger partial charge in [0.25, 0.3) is 5.56 Å². The van der Waals surface area contributed by atoms with Gasteiger partial charge in [-0.3, -0.25) is 9.78 Å². The predicted octanol–water partition coefficient (Wildman–Crippen LogP) is 2.61. The number of ether oxygens (including phenoxy) is 1. The minimum Gasteiger partial charge on any atom is -0.497 e. The topological polar surface area (TPSA) is 112 Å². The number of nitrogens with zero attached hydrogens (tertiary/aromatic N) is 1. The lowest BCUT2D eigenvalue weighted by Crippen LogP contribution is -2.38. The van der Waals surface area contributed by atoms with E-state index in [0.717, 1.165) is 38.9 Å². The fourth-order valence-electron chi connectivity index (χ4n) is 4.21. The van der Waals surface area contributed by atoms with Crippen LogP contribution < -0.4 is 21.3 Å². The minimum absolute atomic E-state index is 0.0639. The summed E-state index contributed by atoms with van der Waals surface area (Å²) in [5.74, 6) is 0.319. The first-order chi connectivity index (χ1) is 15.0. The Hall–Kier alpha value is -3.49. The van der Waals surface area contributed by atoms with Crippen molar-refractivity contribution < 1.29 is 9.84 Å². The number of aromatic nitrogens is 3. The van der Waals surface area contributed by atoms with Crippen LogP contribution in [0.1, 0.15) is 22.9 Å². The Bertz CT molecular complexity index is 1420. The van der Waals surface area contributed by atoms with Crippen molar-refractivity contribution in [2.24, 2.45) is 0 Å². The molecule has 3 heterocycles. The third-order valence-electron chi connectivity index (χ3n) is 5.65. The van der Waals surface area contributed by atoms with E-state index in [2.05, 4.69) is 15.3 Å². The normalized spacial score (nSPS) is 15.7. The molecule has 0 fully saturated rings. The van der Waals surface area contributed by atoms with E-state index < -0.39 is 23.2 Å². The Labute approximate surface area is 181 Å². The number of hydrogen-bond donors (Lipinski definition) is 4. The zero-order chi connectivity index (χ0) is 21.7. The summed E-state index contributed by atoms with van der Waals surface area (Å²) in [6.07, 6.45) is 0.745. The lowest BCUT2D eigenvalue weighted by Gasteiger charge is -2.25. The summed E-state index contributed by atoms with van der Waals surface area (Å²) in [7, 11) is 1.61. The molecular formula is C22H19ClN4O4. The van der Waals surface area contributed by atoms with Gasteiger partial charge in [0.1, 0.15) is 11.3 Å². The highest BCUT2D eigenvalue weighted by Gasteiger charge is 2.31. The fourth-order valence-corrected chi connectivity index (χ4v) is 4.33. The molecule has 1 aliphatic heterocycles. The van der Waals surface area contributed by atoms with Gasteiger partial charge in [-0.1, -0.05) is 11.6 Å². The average Bonchev–Trinajstić information content (AvgIpc) is 3.13. The van der Waals surface area contributed by atoms with E-state index in [0.29, 0.717) is 17.3 Å². The van der Waals surface area contributed by atoms with E-state index in [9.17, 15) is 14.7 Å². The molecule has 1 atom stereocenters. The Morgan fingerprint density at radius 1 is 1.13 bits per heavy atom. The summed E-state index contributed by atoms with van der Waals surface area (Å²) in [6.45, 7) is 0.598. The SMILES string of the molecule is COc1ccc2[nH]c3c(c2c1)CCN[C@H]3c1c(O)n(-c2ccc(Cl)cc2)c(=O)[nH]c1=O. The van der Waals surface area contributed by atoms with Crippen LogP contribution in [-0.2, 0) is 6.42 Å². The smallest absolute Gasteiger partial charge is 0.335 e. The molecule has 1 aliphatic rings. The minimum atomic E-state index is -0.731. The number of H-pyrrole nitrogens is 2. The van der Waals surface area contributed by atoms with Crippen molar-refractivity contribution in [3.05, 3.63) is 85.1 Å². The molecule has 0 saturated carbocycles. The highest BCUT2D eigenvalue weighted by molar-refractivity contribution is 6.30. The Balaban J connectivity index is 1.72. The summed E-state index contributed by atoms with van der Waals surface area (Å²) in [5.41, 5.74) is 1.80. The molecule has 2 aromatic heterocycles. The average molecular weight is 439 g/mol. The van der Waals surface area contributed by atoms with Gasteiger partial charge in [-0.15, -0.1) is 0 Å². The van der Waals surface area contributed by atoms with Gasteiger partial charge >= 0.3 is 5.69 Å². The highest BCUT2D eigenvalue weighted by atomic mass is 35.5. The van der Waals surface area contributed by atoms with Crippen molar-refractivity contribution in [1.29, 1.82) is 0 Å². The first-order valence-corrected chi connectivity index (χ1v) is 10.1. The summed E-state index contributed by atoms with van der Waals surface area (Å²) >= 11 is 5.94. The van der Waals surface area contributed by atoms with Gasteiger partial charge in [-0.05, 0) is 54.4 Å². The molecule has 31 heavy (non-hydrogen) atoms. The van der Waals surface area contributed by atoms with Gasteiger partial charge in [0, 0.05) is 28.2 Å². The zero-order valence-electron chi connectivity index (χ0n) is 16.5. The Kier molecular flexibility index (Phi) is 4.60. The monoisotopic (exact) mass is 438 g/mol. The molecule has 0 radical (unpaired) electrons.